The Kier molecular flexibility index (Phi) is 4.83. The van der Waals surface area contributed by atoms with Crippen LogP contribution in [0.5, 0.6) is 0 Å². The number of thioether (sulfide) groups is 1. The number of nitrogens with one attached hydrogen (secondary N) is 1. The number of hydrogen-bond acceptors (Lipinski definition) is 4. The third-order valence-electron chi connectivity index (χ3n) is 3.23. The van der Waals surface area contributed by atoms with E-state index < -0.39 is 0 Å². The molecule has 0 amide bonds. The maximum Gasteiger partial charge on any atom is 0.106 e. The largest absolute Gasteiger partial charge is 0.389 e. The fraction of sp³-hybridized carbons (Fsp3) is 0.538. The standard InChI is InChI=1S/C13H19N3S2/c1-2-18-10-4-3-9(7-10)16-12-8-15-6-5-11(12)13(14)17/h5-6,8-10,16H,2-4,7H2,1H3,(H2,14,17). The van der Waals surface area contributed by atoms with Gasteiger partial charge < -0.3 is 11.1 Å². The van der Waals surface area contributed by atoms with Crippen molar-refractivity contribution in [2.24, 2.45) is 5.73 Å². The van der Waals surface area contributed by atoms with Gasteiger partial charge >= 0.3 is 0 Å². The van der Waals surface area contributed by atoms with E-state index in [1.165, 1.54) is 25.0 Å². The normalized spacial score (nSPS) is 22.9. The van der Waals surface area contributed by atoms with Crippen molar-refractivity contribution in [1.82, 2.24) is 4.98 Å². The van der Waals surface area contributed by atoms with Crippen LogP contribution in [0.25, 0.3) is 0 Å². The molecule has 1 aromatic heterocycles. The van der Waals surface area contributed by atoms with Crippen LogP contribution < -0.4 is 11.1 Å². The average Bonchev–Trinajstić information content (AvgIpc) is 2.77. The van der Waals surface area contributed by atoms with Crippen LogP contribution in [0.4, 0.5) is 5.69 Å². The van der Waals surface area contributed by atoms with Gasteiger partial charge in [0.2, 0.25) is 0 Å². The number of aromatic nitrogens is 1. The molecule has 1 aliphatic rings. The van der Waals surface area contributed by atoms with Gasteiger partial charge in [-0.2, -0.15) is 11.8 Å². The molecule has 2 rings (SSSR count). The van der Waals surface area contributed by atoms with Crippen LogP contribution in [0, 0.1) is 0 Å². The number of thiocarbonyl (C=S) groups is 1. The molecule has 0 saturated heterocycles. The number of hydrogen-bond donors (Lipinski definition) is 2. The van der Waals surface area contributed by atoms with Gasteiger partial charge in [-0.25, -0.2) is 0 Å². The molecule has 3 N–H and O–H groups in total. The zero-order chi connectivity index (χ0) is 13.0. The Balaban J connectivity index is 2.00. The van der Waals surface area contributed by atoms with Crippen LogP contribution >= 0.6 is 24.0 Å². The summed E-state index contributed by atoms with van der Waals surface area (Å²) in [5.74, 6) is 1.20. The monoisotopic (exact) mass is 281 g/mol. The smallest absolute Gasteiger partial charge is 0.106 e. The fourth-order valence-corrected chi connectivity index (χ4v) is 3.72. The van der Waals surface area contributed by atoms with Crippen molar-refractivity contribution in [2.45, 2.75) is 37.5 Å². The highest BCUT2D eigenvalue weighted by Crippen LogP contribution is 2.31. The highest BCUT2D eigenvalue weighted by atomic mass is 32.2. The lowest BCUT2D eigenvalue weighted by molar-refractivity contribution is 0.756. The molecule has 5 heteroatoms. The summed E-state index contributed by atoms with van der Waals surface area (Å²) in [5, 5.41) is 4.33. The summed E-state index contributed by atoms with van der Waals surface area (Å²) in [4.78, 5) is 4.57. The van der Waals surface area contributed by atoms with Crippen molar-refractivity contribution in [2.75, 3.05) is 11.1 Å². The quantitative estimate of drug-likeness (QED) is 0.813. The number of rotatable bonds is 5. The van der Waals surface area contributed by atoms with E-state index in [1.54, 1.807) is 6.20 Å². The first-order valence-electron chi connectivity index (χ1n) is 6.32. The second-order valence-corrected chi connectivity index (χ2v) is 6.53. The van der Waals surface area contributed by atoms with Crippen molar-refractivity contribution >= 4 is 34.7 Å². The Morgan fingerprint density at radius 3 is 3.17 bits per heavy atom. The van der Waals surface area contributed by atoms with E-state index in [0.717, 1.165) is 16.5 Å². The average molecular weight is 281 g/mol. The molecule has 0 radical (unpaired) electrons. The molecule has 1 saturated carbocycles. The number of anilines is 1. The molecule has 0 spiro atoms. The highest BCUT2D eigenvalue weighted by molar-refractivity contribution is 7.99. The predicted molar refractivity (Wildman–Crippen MR) is 83.3 cm³/mol. The van der Waals surface area contributed by atoms with Gasteiger partial charge in [-0.3, -0.25) is 4.98 Å². The number of nitrogens with two attached hydrogens (primary N) is 1. The van der Waals surface area contributed by atoms with Crippen LogP contribution in [0.15, 0.2) is 18.5 Å². The molecular weight excluding hydrogens is 262 g/mol. The zero-order valence-electron chi connectivity index (χ0n) is 10.6. The second-order valence-electron chi connectivity index (χ2n) is 4.52. The van der Waals surface area contributed by atoms with E-state index in [2.05, 4.69) is 29.0 Å². The summed E-state index contributed by atoms with van der Waals surface area (Å²) in [6.07, 6.45) is 7.26. The van der Waals surface area contributed by atoms with Gasteiger partial charge in [0, 0.05) is 23.1 Å². The van der Waals surface area contributed by atoms with E-state index in [-0.39, 0.29) is 0 Å². The predicted octanol–water partition coefficient (Wildman–Crippen LogP) is 2.80. The van der Waals surface area contributed by atoms with Gasteiger partial charge in [0.1, 0.15) is 4.99 Å². The van der Waals surface area contributed by atoms with Gasteiger partial charge in [-0.1, -0.05) is 19.1 Å². The topological polar surface area (TPSA) is 50.9 Å². The molecule has 0 bridgehead atoms. The maximum atomic E-state index is 5.72. The summed E-state index contributed by atoms with van der Waals surface area (Å²) in [6.45, 7) is 2.22. The number of pyridine rings is 1. The van der Waals surface area contributed by atoms with Crippen LogP contribution in [0.1, 0.15) is 31.7 Å². The molecule has 1 fully saturated rings. The van der Waals surface area contributed by atoms with Gasteiger partial charge in [-0.05, 0) is 31.1 Å². The van der Waals surface area contributed by atoms with Gasteiger partial charge in [0.15, 0.2) is 0 Å². The van der Waals surface area contributed by atoms with E-state index in [4.69, 9.17) is 18.0 Å². The second kappa shape index (κ2) is 6.38. The third-order valence-corrected chi connectivity index (χ3v) is 4.69. The molecule has 3 nitrogen and oxygen atoms in total. The van der Waals surface area contributed by atoms with Crippen LogP contribution in [0.2, 0.25) is 0 Å². The molecule has 18 heavy (non-hydrogen) atoms. The summed E-state index contributed by atoms with van der Waals surface area (Å²) >= 11 is 7.12. The molecule has 2 unspecified atom stereocenters. The van der Waals surface area contributed by atoms with E-state index in [1.807, 2.05) is 12.3 Å². The minimum Gasteiger partial charge on any atom is -0.389 e. The van der Waals surface area contributed by atoms with Crippen molar-refractivity contribution < 1.29 is 0 Å². The lowest BCUT2D eigenvalue weighted by Gasteiger charge is -2.16. The Morgan fingerprint density at radius 2 is 2.44 bits per heavy atom. The number of nitrogens with zero attached hydrogens (tertiary/aromatic N) is 1. The Labute approximate surface area is 118 Å². The van der Waals surface area contributed by atoms with Gasteiger partial charge in [0.05, 0.1) is 11.9 Å². The molecule has 0 aromatic carbocycles. The van der Waals surface area contributed by atoms with Crippen molar-refractivity contribution in [1.29, 1.82) is 0 Å². The van der Waals surface area contributed by atoms with Crippen molar-refractivity contribution in [3.8, 4) is 0 Å². The summed E-state index contributed by atoms with van der Waals surface area (Å²) in [7, 11) is 0. The van der Waals surface area contributed by atoms with Gasteiger partial charge in [0.25, 0.3) is 0 Å². The SMILES string of the molecule is CCSC1CCC(Nc2cnccc2C(N)=S)C1. The minimum atomic E-state index is 0.428. The van der Waals surface area contributed by atoms with Crippen LogP contribution in [-0.4, -0.2) is 27.0 Å². The van der Waals surface area contributed by atoms with E-state index in [0.29, 0.717) is 11.0 Å². The molecular formula is C13H19N3S2. The zero-order valence-corrected chi connectivity index (χ0v) is 12.2. The lowest BCUT2D eigenvalue weighted by Crippen LogP contribution is -2.20. The first-order valence-corrected chi connectivity index (χ1v) is 7.78. The highest BCUT2D eigenvalue weighted by Gasteiger charge is 2.24. The first-order chi connectivity index (χ1) is 8.70. The maximum absolute atomic E-state index is 5.72. The Morgan fingerprint density at radius 1 is 1.61 bits per heavy atom. The summed E-state index contributed by atoms with van der Waals surface area (Å²) in [6, 6.07) is 2.39. The van der Waals surface area contributed by atoms with E-state index in [9.17, 15) is 0 Å². The van der Waals surface area contributed by atoms with E-state index >= 15 is 0 Å². The molecule has 98 valence electrons. The summed E-state index contributed by atoms with van der Waals surface area (Å²) in [5.41, 5.74) is 7.59. The molecule has 2 atom stereocenters. The summed E-state index contributed by atoms with van der Waals surface area (Å²) < 4.78 is 0. The van der Waals surface area contributed by atoms with Gasteiger partial charge in [-0.15, -0.1) is 0 Å². The molecule has 1 aliphatic carbocycles. The fourth-order valence-electron chi connectivity index (χ4n) is 2.40. The third kappa shape index (κ3) is 3.36. The Bertz CT molecular complexity index is 422. The van der Waals surface area contributed by atoms with Crippen LogP contribution in [-0.2, 0) is 0 Å². The van der Waals surface area contributed by atoms with Crippen molar-refractivity contribution in [3.63, 3.8) is 0 Å². The molecule has 1 heterocycles. The molecule has 0 aliphatic heterocycles. The molecule has 1 aromatic rings. The van der Waals surface area contributed by atoms with Crippen LogP contribution in [0.3, 0.4) is 0 Å². The Hall–Kier alpha value is -0.810. The lowest BCUT2D eigenvalue weighted by atomic mass is 10.2. The first kappa shape index (κ1) is 13.6. The van der Waals surface area contributed by atoms with Crippen molar-refractivity contribution in [3.05, 3.63) is 24.0 Å². The minimum absolute atomic E-state index is 0.428.